The molecular formula is C12H13BrClN3. The van der Waals surface area contributed by atoms with Crippen LogP contribution < -0.4 is 5.73 Å². The summed E-state index contributed by atoms with van der Waals surface area (Å²) in [5.74, 6) is 0. The largest absolute Gasteiger partial charge is 0.326 e. The lowest BCUT2D eigenvalue weighted by atomic mass is 10.0. The Morgan fingerprint density at radius 2 is 2.12 bits per heavy atom. The van der Waals surface area contributed by atoms with Crippen LogP contribution in [0.2, 0.25) is 5.02 Å². The molecule has 0 spiro atoms. The zero-order valence-corrected chi connectivity index (χ0v) is 11.7. The summed E-state index contributed by atoms with van der Waals surface area (Å²) in [5, 5.41) is 5.00. The van der Waals surface area contributed by atoms with Crippen LogP contribution in [-0.2, 0) is 0 Å². The Labute approximate surface area is 114 Å². The van der Waals surface area contributed by atoms with Crippen LogP contribution in [-0.4, -0.2) is 15.8 Å². The molecule has 1 heterocycles. The first-order valence-electron chi connectivity index (χ1n) is 5.29. The molecule has 2 rings (SSSR count). The molecule has 0 saturated heterocycles. The van der Waals surface area contributed by atoms with E-state index in [4.69, 9.17) is 17.3 Å². The molecule has 2 atom stereocenters. The topological polar surface area (TPSA) is 43.8 Å². The summed E-state index contributed by atoms with van der Waals surface area (Å²) in [4.78, 5) is 0. The van der Waals surface area contributed by atoms with Gasteiger partial charge in [0.25, 0.3) is 0 Å². The minimum atomic E-state index is -0.0818. The Bertz CT molecular complexity index is 510. The van der Waals surface area contributed by atoms with Crippen LogP contribution in [0.5, 0.6) is 0 Å². The van der Waals surface area contributed by atoms with E-state index in [1.54, 1.807) is 6.20 Å². The van der Waals surface area contributed by atoms with E-state index in [1.165, 1.54) is 0 Å². The predicted molar refractivity (Wildman–Crippen MR) is 73.2 cm³/mol. The molecule has 0 radical (unpaired) electrons. The molecule has 2 aromatic rings. The molecule has 0 aliphatic heterocycles. The lowest BCUT2D eigenvalue weighted by Crippen LogP contribution is -2.30. The van der Waals surface area contributed by atoms with Gasteiger partial charge in [0, 0.05) is 17.3 Å². The fourth-order valence-electron chi connectivity index (χ4n) is 1.85. The molecule has 0 fully saturated rings. The maximum atomic E-state index is 6.21. The van der Waals surface area contributed by atoms with Crippen molar-refractivity contribution < 1.29 is 0 Å². The van der Waals surface area contributed by atoms with Gasteiger partial charge in [-0.2, -0.15) is 5.10 Å². The Morgan fingerprint density at radius 1 is 1.41 bits per heavy atom. The lowest BCUT2D eigenvalue weighted by molar-refractivity contribution is 0.454. The third-order valence-corrected chi connectivity index (χ3v) is 3.33. The molecule has 0 aliphatic carbocycles. The molecule has 0 bridgehead atoms. The van der Waals surface area contributed by atoms with E-state index < -0.39 is 0 Å². The number of benzene rings is 1. The van der Waals surface area contributed by atoms with E-state index in [9.17, 15) is 0 Å². The van der Waals surface area contributed by atoms with Gasteiger partial charge >= 0.3 is 0 Å². The van der Waals surface area contributed by atoms with Crippen molar-refractivity contribution in [1.82, 2.24) is 9.78 Å². The van der Waals surface area contributed by atoms with Gasteiger partial charge in [-0.1, -0.05) is 29.8 Å². The summed E-state index contributed by atoms with van der Waals surface area (Å²) in [6.45, 7) is 1.95. The van der Waals surface area contributed by atoms with Crippen molar-refractivity contribution >= 4 is 27.5 Å². The Morgan fingerprint density at radius 3 is 2.65 bits per heavy atom. The van der Waals surface area contributed by atoms with Crippen molar-refractivity contribution in [2.75, 3.05) is 0 Å². The van der Waals surface area contributed by atoms with Crippen molar-refractivity contribution in [3.05, 3.63) is 51.7 Å². The highest BCUT2D eigenvalue weighted by atomic mass is 79.9. The van der Waals surface area contributed by atoms with Crippen molar-refractivity contribution in [3.8, 4) is 0 Å². The van der Waals surface area contributed by atoms with Gasteiger partial charge < -0.3 is 5.73 Å². The lowest BCUT2D eigenvalue weighted by Gasteiger charge is -2.22. The van der Waals surface area contributed by atoms with Gasteiger partial charge in [-0.25, -0.2) is 0 Å². The first-order valence-corrected chi connectivity index (χ1v) is 6.46. The van der Waals surface area contributed by atoms with Crippen molar-refractivity contribution in [3.63, 3.8) is 0 Å². The molecular weight excluding hydrogens is 302 g/mol. The second kappa shape index (κ2) is 5.21. The molecule has 0 aliphatic rings. The van der Waals surface area contributed by atoms with E-state index in [2.05, 4.69) is 21.0 Å². The van der Waals surface area contributed by atoms with E-state index in [-0.39, 0.29) is 12.1 Å². The Kier molecular flexibility index (Phi) is 3.86. The van der Waals surface area contributed by atoms with Gasteiger partial charge in [0.05, 0.1) is 16.7 Å². The zero-order valence-electron chi connectivity index (χ0n) is 9.35. The van der Waals surface area contributed by atoms with Crippen LogP contribution >= 0.6 is 27.5 Å². The number of aromatic nitrogens is 2. The van der Waals surface area contributed by atoms with Gasteiger partial charge in [0.2, 0.25) is 0 Å². The van der Waals surface area contributed by atoms with Crippen molar-refractivity contribution in [2.45, 2.75) is 19.0 Å². The van der Waals surface area contributed by atoms with Gasteiger partial charge in [-0.3, -0.25) is 4.68 Å². The summed E-state index contributed by atoms with van der Waals surface area (Å²) in [7, 11) is 0. The predicted octanol–water partition coefficient (Wildman–Crippen LogP) is 3.24. The van der Waals surface area contributed by atoms with Crippen LogP contribution in [0, 0.1) is 0 Å². The second-order valence-electron chi connectivity index (χ2n) is 3.96. The highest BCUT2D eigenvalue weighted by molar-refractivity contribution is 9.10. The minimum absolute atomic E-state index is 0.0602. The van der Waals surface area contributed by atoms with Crippen LogP contribution in [0.25, 0.3) is 0 Å². The first-order chi connectivity index (χ1) is 8.09. The molecule has 0 amide bonds. The Balaban J connectivity index is 2.47. The fourth-order valence-corrected chi connectivity index (χ4v) is 2.40. The molecule has 1 aromatic carbocycles. The number of nitrogens with zero attached hydrogens (tertiary/aromatic N) is 2. The van der Waals surface area contributed by atoms with Crippen molar-refractivity contribution in [2.24, 2.45) is 5.73 Å². The number of nitrogens with two attached hydrogens (primary N) is 1. The minimum Gasteiger partial charge on any atom is -0.326 e. The van der Waals surface area contributed by atoms with Gasteiger partial charge in [0.1, 0.15) is 0 Å². The third-order valence-electron chi connectivity index (χ3n) is 2.58. The summed E-state index contributed by atoms with van der Waals surface area (Å²) < 4.78 is 2.76. The molecule has 90 valence electrons. The monoisotopic (exact) mass is 313 g/mol. The van der Waals surface area contributed by atoms with E-state index in [1.807, 2.05) is 42.1 Å². The molecule has 17 heavy (non-hydrogen) atoms. The van der Waals surface area contributed by atoms with Gasteiger partial charge in [-0.15, -0.1) is 0 Å². The first kappa shape index (κ1) is 12.6. The summed E-state index contributed by atoms with van der Waals surface area (Å²) >= 11 is 9.59. The van der Waals surface area contributed by atoms with Crippen LogP contribution in [0.1, 0.15) is 18.5 Å². The fraction of sp³-hybridized carbons (Fsp3) is 0.250. The standard InChI is InChI=1S/C12H13BrClN3/c1-8(15)12(17-7-9(13)6-16-17)10-4-2-3-5-11(10)14/h2-8,12H,15H2,1H3. The highest BCUT2D eigenvalue weighted by Crippen LogP contribution is 2.28. The van der Waals surface area contributed by atoms with Crippen LogP contribution in [0.15, 0.2) is 41.1 Å². The summed E-state index contributed by atoms with van der Waals surface area (Å²) in [6.07, 6.45) is 3.64. The molecule has 3 nitrogen and oxygen atoms in total. The smallest absolute Gasteiger partial charge is 0.0931 e. The average Bonchev–Trinajstić information content (AvgIpc) is 2.68. The summed E-state index contributed by atoms with van der Waals surface area (Å²) in [5.41, 5.74) is 7.03. The third kappa shape index (κ3) is 2.70. The van der Waals surface area contributed by atoms with Crippen molar-refractivity contribution in [1.29, 1.82) is 0 Å². The van der Waals surface area contributed by atoms with E-state index in [0.717, 1.165) is 10.0 Å². The molecule has 2 unspecified atom stereocenters. The quantitative estimate of drug-likeness (QED) is 0.945. The number of rotatable bonds is 3. The van der Waals surface area contributed by atoms with Gasteiger partial charge in [0.15, 0.2) is 0 Å². The van der Waals surface area contributed by atoms with Crippen LogP contribution in [0.3, 0.4) is 0 Å². The molecule has 0 saturated carbocycles. The SMILES string of the molecule is CC(N)C(c1ccccc1Cl)n1cc(Br)cn1. The Hall–Kier alpha value is -0.840. The zero-order chi connectivity index (χ0) is 12.4. The van der Waals surface area contributed by atoms with Crippen LogP contribution in [0.4, 0.5) is 0 Å². The maximum absolute atomic E-state index is 6.21. The maximum Gasteiger partial charge on any atom is 0.0931 e. The highest BCUT2D eigenvalue weighted by Gasteiger charge is 2.21. The number of halogens is 2. The normalized spacial score (nSPS) is 14.6. The molecule has 2 N–H and O–H groups in total. The van der Waals surface area contributed by atoms with E-state index in [0.29, 0.717) is 5.02 Å². The average molecular weight is 315 g/mol. The summed E-state index contributed by atoms with van der Waals surface area (Å²) in [6, 6.07) is 7.56. The number of hydrogen-bond acceptors (Lipinski definition) is 2. The molecule has 5 heteroatoms. The number of hydrogen-bond donors (Lipinski definition) is 1. The van der Waals surface area contributed by atoms with Gasteiger partial charge in [-0.05, 0) is 34.5 Å². The van der Waals surface area contributed by atoms with E-state index >= 15 is 0 Å². The second-order valence-corrected chi connectivity index (χ2v) is 5.29. The molecule has 1 aromatic heterocycles.